The van der Waals surface area contributed by atoms with Crippen molar-refractivity contribution >= 4 is 5.78 Å². The van der Waals surface area contributed by atoms with E-state index in [1.54, 1.807) is 0 Å². The topological polar surface area (TPSA) is 56.0 Å². The normalized spacial score (nSPS) is 10.0. The molecule has 1 aromatic rings. The number of ketones is 1. The number of nitrogens with zero attached hydrogens (tertiary/aromatic N) is 1. The summed E-state index contributed by atoms with van der Waals surface area (Å²) in [5.74, 6) is -0.783. The van der Waals surface area contributed by atoms with Gasteiger partial charge in [-0.3, -0.25) is 9.78 Å². The summed E-state index contributed by atoms with van der Waals surface area (Å²) in [6.07, 6.45) is 3.31. The molecule has 2 N–H and O–H groups in total. The van der Waals surface area contributed by atoms with Crippen LogP contribution in [-0.2, 0) is 0 Å². The summed E-state index contributed by atoms with van der Waals surface area (Å²) >= 11 is 0. The number of hydrogen-bond acceptors (Lipinski definition) is 3. The van der Waals surface area contributed by atoms with Crippen LogP contribution >= 0.6 is 0 Å². The molecule has 0 fully saturated rings. The highest BCUT2D eigenvalue weighted by atomic mass is 19.1. The van der Waals surface area contributed by atoms with Gasteiger partial charge >= 0.3 is 0 Å². The summed E-state index contributed by atoms with van der Waals surface area (Å²) in [5.41, 5.74) is 5.34. The highest BCUT2D eigenvalue weighted by Crippen LogP contribution is 2.08. The molecule has 13 heavy (non-hydrogen) atoms. The molecule has 1 heterocycles. The Morgan fingerprint density at radius 3 is 3.00 bits per heavy atom. The van der Waals surface area contributed by atoms with Gasteiger partial charge in [0.1, 0.15) is 0 Å². The van der Waals surface area contributed by atoms with Crippen molar-refractivity contribution in [3.05, 3.63) is 29.8 Å². The summed E-state index contributed by atoms with van der Waals surface area (Å²) < 4.78 is 13.0. The molecule has 0 bridgehead atoms. The van der Waals surface area contributed by atoms with Gasteiger partial charge in [0.15, 0.2) is 11.6 Å². The van der Waals surface area contributed by atoms with Crippen LogP contribution in [-0.4, -0.2) is 17.3 Å². The third-order valence-corrected chi connectivity index (χ3v) is 1.68. The molecule has 0 radical (unpaired) electrons. The smallest absolute Gasteiger partial charge is 0.165 e. The maximum Gasteiger partial charge on any atom is 0.165 e. The Bertz CT molecular complexity index is 301. The second-order valence-electron chi connectivity index (χ2n) is 2.67. The lowest BCUT2D eigenvalue weighted by Crippen LogP contribution is -2.06. The predicted molar refractivity (Wildman–Crippen MR) is 46.8 cm³/mol. The van der Waals surface area contributed by atoms with Gasteiger partial charge in [-0.15, -0.1) is 0 Å². The maximum absolute atomic E-state index is 13.0. The van der Waals surface area contributed by atoms with Crippen LogP contribution in [0.1, 0.15) is 23.2 Å². The minimum Gasteiger partial charge on any atom is -0.330 e. The first-order valence-electron chi connectivity index (χ1n) is 4.08. The summed E-state index contributed by atoms with van der Waals surface area (Å²) in [7, 11) is 0. The fourth-order valence-electron chi connectivity index (χ4n) is 0.999. The quantitative estimate of drug-likeness (QED) is 0.710. The van der Waals surface area contributed by atoms with Gasteiger partial charge in [-0.2, -0.15) is 0 Å². The minimum absolute atomic E-state index is 0.100. The van der Waals surface area contributed by atoms with E-state index >= 15 is 0 Å². The van der Waals surface area contributed by atoms with E-state index < -0.39 is 5.82 Å². The van der Waals surface area contributed by atoms with Crippen LogP contribution in [0.15, 0.2) is 18.5 Å². The molecule has 0 aliphatic heterocycles. The van der Waals surface area contributed by atoms with Crippen LogP contribution in [0.2, 0.25) is 0 Å². The monoisotopic (exact) mass is 182 g/mol. The number of Topliss-reactive ketones (excluding diaryl/α,β-unsaturated/α-hetero) is 1. The van der Waals surface area contributed by atoms with Gasteiger partial charge < -0.3 is 5.73 Å². The number of aromatic nitrogens is 1. The highest BCUT2D eigenvalue weighted by molar-refractivity contribution is 5.96. The van der Waals surface area contributed by atoms with Crippen molar-refractivity contribution in [3.8, 4) is 0 Å². The zero-order valence-corrected chi connectivity index (χ0v) is 7.16. The maximum atomic E-state index is 13.0. The molecule has 3 nitrogen and oxygen atoms in total. The van der Waals surface area contributed by atoms with Crippen molar-refractivity contribution in [2.24, 2.45) is 5.73 Å². The lowest BCUT2D eigenvalue weighted by atomic mass is 10.1. The van der Waals surface area contributed by atoms with E-state index in [4.69, 9.17) is 5.73 Å². The zero-order valence-electron chi connectivity index (χ0n) is 7.16. The third kappa shape index (κ3) is 2.59. The largest absolute Gasteiger partial charge is 0.330 e. The van der Waals surface area contributed by atoms with Gasteiger partial charge in [0.25, 0.3) is 0 Å². The first-order valence-corrected chi connectivity index (χ1v) is 4.08. The van der Waals surface area contributed by atoms with E-state index in [0.29, 0.717) is 13.0 Å². The molecule has 1 rings (SSSR count). The molecule has 0 aliphatic rings. The van der Waals surface area contributed by atoms with Gasteiger partial charge in [-0.1, -0.05) is 0 Å². The molecule has 0 amide bonds. The van der Waals surface area contributed by atoms with Crippen molar-refractivity contribution in [2.45, 2.75) is 12.8 Å². The van der Waals surface area contributed by atoms with E-state index in [9.17, 15) is 9.18 Å². The van der Waals surface area contributed by atoms with Crippen molar-refractivity contribution in [3.63, 3.8) is 0 Å². The van der Waals surface area contributed by atoms with Gasteiger partial charge in [0.05, 0.1) is 11.8 Å². The van der Waals surface area contributed by atoms with Crippen molar-refractivity contribution in [1.82, 2.24) is 4.98 Å². The number of carbonyl (C=O) groups excluding carboxylic acids is 1. The minimum atomic E-state index is -0.565. The molecular formula is C9H11FN2O. The first-order chi connectivity index (χ1) is 6.25. The average molecular weight is 182 g/mol. The molecule has 0 spiro atoms. The Hall–Kier alpha value is -1.29. The van der Waals surface area contributed by atoms with E-state index in [-0.39, 0.29) is 17.8 Å². The molecule has 1 aromatic heterocycles. The van der Waals surface area contributed by atoms with Crippen molar-refractivity contribution in [2.75, 3.05) is 6.54 Å². The van der Waals surface area contributed by atoms with Crippen molar-refractivity contribution < 1.29 is 9.18 Å². The second kappa shape index (κ2) is 4.67. The standard InChI is InChI=1S/C9H11FN2O/c10-8-6-12-5-3-7(8)9(13)2-1-4-11/h3,5-6H,1-2,4,11H2. The third-order valence-electron chi connectivity index (χ3n) is 1.68. The number of hydrogen-bond donors (Lipinski definition) is 1. The number of pyridine rings is 1. The number of nitrogens with two attached hydrogens (primary N) is 1. The fourth-order valence-corrected chi connectivity index (χ4v) is 0.999. The lowest BCUT2D eigenvalue weighted by molar-refractivity contribution is 0.0976. The average Bonchev–Trinajstić information content (AvgIpc) is 2.15. The predicted octanol–water partition coefficient (Wildman–Crippen LogP) is 1.14. The molecule has 0 unspecified atom stereocenters. The Morgan fingerprint density at radius 2 is 2.38 bits per heavy atom. The molecule has 0 saturated heterocycles. The Morgan fingerprint density at radius 1 is 1.62 bits per heavy atom. The molecule has 70 valence electrons. The Labute approximate surface area is 75.8 Å². The first kappa shape index (κ1) is 9.80. The van der Waals surface area contributed by atoms with Crippen LogP contribution in [0.4, 0.5) is 4.39 Å². The summed E-state index contributed by atoms with van der Waals surface area (Å²) in [6, 6.07) is 1.38. The van der Waals surface area contributed by atoms with Gasteiger partial charge in [0.2, 0.25) is 0 Å². The van der Waals surface area contributed by atoms with Crippen LogP contribution in [0.5, 0.6) is 0 Å². The van der Waals surface area contributed by atoms with E-state index in [0.717, 1.165) is 6.20 Å². The summed E-state index contributed by atoms with van der Waals surface area (Å²) in [6.45, 7) is 0.443. The second-order valence-corrected chi connectivity index (χ2v) is 2.67. The van der Waals surface area contributed by atoms with Crippen LogP contribution in [0, 0.1) is 5.82 Å². The van der Waals surface area contributed by atoms with Crippen LogP contribution in [0.25, 0.3) is 0 Å². The van der Waals surface area contributed by atoms with Crippen LogP contribution < -0.4 is 5.73 Å². The van der Waals surface area contributed by atoms with Gasteiger partial charge in [-0.25, -0.2) is 4.39 Å². The molecule has 0 atom stereocenters. The van der Waals surface area contributed by atoms with Crippen LogP contribution in [0.3, 0.4) is 0 Å². The van der Waals surface area contributed by atoms with E-state index in [1.807, 2.05) is 0 Å². The molecule has 4 heteroatoms. The lowest BCUT2D eigenvalue weighted by Gasteiger charge is -1.99. The van der Waals surface area contributed by atoms with Crippen molar-refractivity contribution in [1.29, 1.82) is 0 Å². The van der Waals surface area contributed by atoms with Gasteiger partial charge in [-0.05, 0) is 19.0 Å². The Balaban J connectivity index is 2.71. The molecule has 0 saturated carbocycles. The highest BCUT2D eigenvalue weighted by Gasteiger charge is 2.09. The number of carbonyl (C=O) groups is 1. The molecule has 0 aliphatic carbocycles. The summed E-state index contributed by atoms with van der Waals surface area (Å²) in [5, 5.41) is 0. The molecular weight excluding hydrogens is 171 g/mol. The number of halogens is 1. The zero-order chi connectivity index (χ0) is 9.68. The van der Waals surface area contributed by atoms with E-state index in [1.165, 1.54) is 12.3 Å². The fraction of sp³-hybridized carbons (Fsp3) is 0.333. The number of rotatable bonds is 4. The summed E-state index contributed by atoms with van der Waals surface area (Å²) in [4.78, 5) is 14.9. The van der Waals surface area contributed by atoms with Gasteiger partial charge in [0, 0.05) is 12.6 Å². The Kier molecular flexibility index (Phi) is 3.52. The SMILES string of the molecule is NCCCC(=O)c1ccncc1F. The molecule has 0 aromatic carbocycles. The van der Waals surface area contributed by atoms with E-state index in [2.05, 4.69) is 4.98 Å².